The first-order chi connectivity index (χ1) is 9.74. The second kappa shape index (κ2) is 8.10. The van der Waals surface area contributed by atoms with Crippen molar-refractivity contribution in [2.45, 2.75) is 41.2 Å². The Bertz CT molecular complexity index is 549. The average molecular weight is 339 g/mol. The van der Waals surface area contributed by atoms with E-state index in [1.165, 1.54) is 0 Å². The van der Waals surface area contributed by atoms with Crippen LogP contribution in [0.15, 0.2) is 28.9 Å². The van der Waals surface area contributed by atoms with Crippen LogP contribution in [-0.2, 0) is 6.54 Å². The Morgan fingerprint density at radius 3 is 2.60 bits per heavy atom. The first kappa shape index (κ1) is 16.8. The Hall–Kier alpha value is -1.29. The van der Waals surface area contributed by atoms with Gasteiger partial charge in [0.25, 0.3) is 0 Å². The van der Waals surface area contributed by atoms with E-state index in [1.54, 1.807) is 0 Å². The molecule has 110 valence electrons. The van der Waals surface area contributed by atoms with Gasteiger partial charge in [0.2, 0.25) is 0 Å². The SMILES string of the molecule is CC.CC.Cc1cn2c(n1)-c1ccc(Br)cc1OCC2. The van der Waals surface area contributed by atoms with Crippen LogP contribution in [0.25, 0.3) is 11.4 Å². The van der Waals surface area contributed by atoms with Gasteiger partial charge in [-0.15, -0.1) is 0 Å². The van der Waals surface area contributed by atoms with Crippen molar-refractivity contribution in [1.82, 2.24) is 9.55 Å². The van der Waals surface area contributed by atoms with Crippen molar-refractivity contribution in [3.8, 4) is 17.1 Å². The molecule has 0 radical (unpaired) electrons. The summed E-state index contributed by atoms with van der Waals surface area (Å²) in [5.41, 5.74) is 2.11. The van der Waals surface area contributed by atoms with Crippen molar-refractivity contribution in [3.05, 3.63) is 34.6 Å². The average Bonchev–Trinajstić information content (AvgIpc) is 2.76. The van der Waals surface area contributed by atoms with Gasteiger partial charge in [-0.3, -0.25) is 0 Å². The highest BCUT2D eigenvalue weighted by Crippen LogP contribution is 2.33. The molecule has 0 saturated carbocycles. The molecule has 1 aromatic heterocycles. The fourth-order valence-electron chi connectivity index (χ4n) is 1.99. The molecule has 3 rings (SSSR count). The largest absolute Gasteiger partial charge is 0.491 e. The molecule has 0 amide bonds. The maximum absolute atomic E-state index is 5.72. The smallest absolute Gasteiger partial charge is 0.144 e. The first-order valence-corrected chi connectivity index (χ1v) is 8.00. The summed E-state index contributed by atoms with van der Waals surface area (Å²) in [5, 5.41) is 0. The number of benzene rings is 1. The molecular formula is C16H23BrN2O. The van der Waals surface area contributed by atoms with Gasteiger partial charge >= 0.3 is 0 Å². The molecule has 20 heavy (non-hydrogen) atoms. The Kier molecular flexibility index (Phi) is 6.79. The molecule has 1 aromatic carbocycles. The van der Waals surface area contributed by atoms with Crippen LogP contribution in [0.3, 0.4) is 0 Å². The lowest BCUT2D eigenvalue weighted by molar-refractivity contribution is 0.306. The topological polar surface area (TPSA) is 27.1 Å². The maximum atomic E-state index is 5.72. The van der Waals surface area contributed by atoms with Crippen molar-refractivity contribution in [1.29, 1.82) is 0 Å². The number of halogens is 1. The Morgan fingerprint density at radius 1 is 1.20 bits per heavy atom. The van der Waals surface area contributed by atoms with Gasteiger partial charge in [0.1, 0.15) is 18.2 Å². The summed E-state index contributed by atoms with van der Waals surface area (Å²) >= 11 is 3.45. The van der Waals surface area contributed by atoms with Gasteiger partial charge in [-0.25, -0.2) is 4.98 Å². The number of aryl methyl sites for hydroxylation is 1. The van der Waals surface area contributed by atoms with Gasteiger partial charge in [0.15, 0.2) is 0 Å². The van der Waals surface area contributed by atoms with E-state index in [0.717, 1.165) is 33.8 Å². The van der Waals surface area contributed by atoms with E-state index in [2.05, 4.69) is 31.7 Å². The highest BCUT2D eigenvalue weighted by Gasteiger charge is 2.17. The molecule has 0 saturated heterocycles. The van der Waals surface area contributed by atoms with Gasteiger partial charge < -0.3 is 9.30 Å². The quantitative estimate of drug-likeness (QED) is 0.670. The van der Waals surface area contributed by atoms with E-state index in [-0.39, 0.29) is 0 Å². The summed E-state index contributed by atoms with van der Waals surface area (Å²) < 4.78 is 8.90. The number of nitrogens with zero attached hydrogens (tertiary/aromatic N) is 2. The van der Waals surface area contributed by atoms with Gasteiger partial charge in [-0.2, -0.15) is 0 Å². The van der Waals surface area contributed by atoms with E-state index in [9.17, 15) is 0 Å². The van der Waals surface area contributed by atoms with E-state index in [1.807, 2.05) is 52.8 Å². The zero-order chi connectivity index (χ0) is 15.1. The summed E-state index contributed by atoms with van der Waals surface area (Å²) in [6.07, 6.45) is 2.07. The van der Waals surface area contributed by atoms with Crippen LogP contribution in [0.4, 0.5) is 0 Å². The van der Waals surface area contributed by atoms with Crippen LogP contribution in [0.2, 0.25) is 0 Å². The summed E-state index contributed by atoms with van der Waals surface area (Å²) in [5.74, 6) is 1.90. The van der Waals surface area contributed by atoms with Crippen LogP contribution >= 0.6 is 15.9 Å². The molecule has 0 N–H and O–H groups in total. The molecule has 4 heteroatoms. The molecule has 2 heterocycles. The molecule has 0 bridgehead atoms. The van der Waals surface area contributed by atoms with E-state index >= 15 is 0 Å². The second-order valence-electron chi connectivity index (χ2n) is 3.89. The summed E-state index contributed by atoms with van der Waals surface area (Å²) in [7, 11) is 0. The number of imidazole rings is 1. The summed E-state index contributed by atoms with van der Waals surface area (Å²) in [6, 6.07) is 6.06. The van der Waals surface area contributed by atoms with E-state index in [4.69, 9.17) is 4.74 Å². The highest BCUT2D eigenvalue weighted by atomic mass is 79.9. The third kappa shape index (κ3) is 3.63. The maximum Gasteiger partial charge on any atom is 0.144 e. The third-order valence-electron chi connectivity index (χ3n) is 2.67. The molecule has 2 aromatic rings. The number of rotatable bonds is 0. The minimum atomic E-state index is 0.687. The van der Waals surface area contributed by atoms with E-state index < -0.39 is 0 Å². The van der Waals surface area contributed by atoms with Gasteiger partial charge in [0.05, 0.1) is 17.8 Å². The van der Waals surface area contributed by atoms with Gasteiger partial charge in [0, 0.05) is 10.7 Å². The fourth-order valence-corrected chi connectivity index (χ4v) is 2.33. The summed E-state index contributed by atoms with van der Waals surface area (Å²) in [6.45, 7) is 11.6. The monoisotopic (exact) mass is 338 g/mol. The third-order valence-corrected chi connectivity index (χ3v) is 3.16. The van der Waals surface area contributed by atoms with Crippen molar-refractivity contribution < 1.29 is 4.74 Å². The zero-order valence-corrected chi connectivity index (χ0v) is 14.5. The van der Waals surface area contributed by atoms with Crippen molar-refractivity contribution in [2.75, 3.05) is 6.61 Å². The standard InChI is InChI=1S/C12H11BrN2O.2C2H6/c1-8-7-15-4-5-16-11-6-9(13)2-3-10(11)12(15)14-8;2*1-2/h2-3,6-7H,4-5H2,1H3;2*1-2H3. The molecular weight excluding hydrogens is 316 g/mol. The summed E-state index contributed by atoms with van der Waals surface area (Å²) in [4.78, 5) is 4.55. The zero-order valence-electron chi connectivity index (χ0n) is 12.9. The minimum Gasteiger partial charge on any atom is -0.491 e. The molecule has 1 aliphatic heterocycles. The number of aromatic nitrogens is 2. The van der Waals surface area contributed by atoms with Crippen LogP contribution in [0.5, 0.6) is 5.75 Å². The molecule has 0 spiro atoms. The Morgan fingerprint density at radius 2 is 1.90 bits per heavy atom. The molecule has 0 fully saturated rings. The predicted octanol–water partition coefficient (Wildman–Crippen LogP) is 5.07. The van der Waals surface area contributed by atoms with Crippen molar-refractivity contribution >= 4 is 15.9 Å². The predicted molar refractivity (Wildman–Crippen MR) is 88.3 cm³/mol. The molecule has 0 atom stereocenters. The highest BCUT2D eigenvalue weighted by molar-refractivity contribution is 9.10. The van der Waals surface area contributed by atoms with Gasteiger partial charge in [-0.05, 0) is 25.1 Å². The first-order valence-electron chi connectivity index (χ1n) is 7.20. The van der Waals surface area contributed by atoms with Crippen LogP contribution < -0.4 is 4.74 Å². The van der Waals surface area contributed by atoms with Crippen LogP contribution in [-0.4, -0.2) is 16.2 Å². The fraction of sp³-hybridized carbons (Fsp3) is 0.438. The molecule has 0 aliphatic carbocycles. The number of fused-ring (bicyclic) bond motifs is 3. The van der Waals surface area contributed by atoms with Gasteiger partial charge in [-0.1, -0.05) is 43.6 Å². The number of hydrogen-bond donors (Lipinski definition) is 0. The molecule has 0 unspecified atom stereocenters. The second-order valence-corrected chi connectivity index (χ2v) is 4.80. The molecule has 3 nitrogen and oxygen atoms in total. The lowest BCUT2D eigenvalue weighted by atomic mass is 10.2. The normalized spacial score (nSPS) is 11.5. The number of hydrogen-bond acceptors (Lipinski definition) is 2. The Labute approximate surface area is 130 Å². The van der Waals surface area contributed by atoms with Crippen LogP contribution in [0.1, 0.15) is 33.4 Å². The lowest BCUT2D eigenvalue weighted by Gasteiger charge is -2.05. The van der Waals surface area contributed by atoms with Crippen molar-refractivity contribution in [3.63, 3.8) is 0 Å². The molecule has 1 aliphatic rings. The van der Waals surface area contributed by atoms with Crippen LogP contribution in [0, 0.1) is 6.92 Å². The lowest BCUT2D eigenvalue weighted by Crippen LogP contribution is -2.04. The number of ether oxygens (including phenoxy) is 1. The minimum absolute atomic E-state index is 0.687. The van der Waals surface area contributed by atoms with E-state index in [0.29, 0.717) is 6.61 Å². The Balaban J connectivity index is 0.000000461. The van der Waals surface area contributed by atoms with Crippen molar-refractivity contribution in [2.24, 2.45) is 0 Å².